The van der Waals surface area contributed by atoms with E-state index >= 15 is 0 Å². The maximum absolute atomic E-state index is 11.9. The quantitative estimate of drug-likeness (QED) is 0.643. The minimum Gasteiger partial charge on any atom is -0.347 e. The highest BCUT2D eigenvalue weighted by Gasteiger charge is 2.62. The van der Waals surface area contributed by atoms with Crippen molar-refractivity contribution in [1.29, 1.82) is 0 Å². The van der Waals surface area contributed by atoms with Gasteiger partial charge in [0.15, 0.2) is 11.6 Å². The van der Waals surface area contributed by atoms with Crippen molar-refractivity contribution in [2.75, 3.05) is 13.2 Å². The fourth-order valence-corrected chi connectivity index (χ4v) is 4.58. The molecule has 0 aromatic carbocycles. The zero-order valence-electron chi connectivity index (χ0n) is 10.2. The third-order valence-corrected chi connectivity index (χ3v) is 5.61. The van der Waals surface area contributed by atoms with Gasteiger partial charge in [0.25, 0.3) is 0 Å². The number of ether oxygens (including phenoxy) is 2. The summed E-state index contributed by atoms with van der Waals surface area (Å²) in [7, 11) is 0. The summed E-state index contributed by atoms with van der Waals surface area (Å²) in [6, 6.07) is 0. The van der Waals surface area contributed by atoms with Gasteiger partial charge in [0.2, 0.25) is 0 Å². The van der Waals surface area contributed by atoms with Crippen LogP contribution in [0.25, 0.3) is 0 Å². The zero-order valence-corrected chi connectivity index (χ0v) is 10.2. The summed E-state index contributed by atoms with van der Waals surface area (Å²) in [5.74, 6) is 0.684. The highest BCUT2D eigenvalue weighted by molar-refractivity contribution is 5.96. The van der Waals surface area contributed by atoms with Crippen LogP contribution in [-0.2, 0) is 14.3 Å². The Morgan fingerprint density at radius 1 is 1.29 bits per heavy atom. The predicted molar refractivity (Wildman–Crippen MR) is 61.3 cm³/mol. The van der Waals surface area contributed by atoms with Crippen molar-refractivity contribution in [2.45, 2.75) is 38.4 Å². The minimum atomic E-state index is -0.306. The van der Waals surface area contributed by atoms with Gasteiger partial charge < -0.3 is 9.47 Å². The highest BCUT2D eigenvalue weighted by Crippen LogP contribution is 2.65. The molecule has 4 aliphatic rings. The molecule has 1 saturated heterocycles. The van der Waals surface area contributed by atoms with Crippen molar-refractivity contribution in [3.05, 3.63) is 11.6 Å². The van der Waals surface area contributed by atoms with Gasteiger partial charge >= 0.3 is 0 Å². The van der Waals surface area contributed by atoms with Gasteiger partial charge in [-0.1, -0.05) is 12.5 Å². The number of carbonyl (C=O) groups is 1. The molecule has 3 nitrogen and oxygen atoms in total. The third-order valence-electron chi connectivity index (χ3n) is 5.61. The summed E-state index contributed by atoms with van der Waals surface area (Å²) >= 11 is 0. The fourth-order valence-electron chi connectivity index (χ4n) is 4.58. The molecule has 3 fully saturated rings. The molecule has 17 heavy (non-hydrogen) atoms. The monoisotopic (exact) mass is 234 g/mol. The van der Waals surface area contributed by atoms with E-state index in [0.29, 0.717) is 11.7 Å². The van der Waals surface area contributed by atoms with Crippen LogP contribution in [0.4, 0.5) is 0 Å². The third kappa shape index (κ3) is 1.08. The molecule has 3 atom stereocenters. The highest BCUT2D eigenvalue weighted by atomic mass is 16.7. The number of fused-ring (bicyclic) bond motifs is 2. The largest absolute Gasteiger partial charge is 0.347 e. The molecule has 1 aliphatic heterocycles. The van der Waals surface area contributed by atoms with Gasteiger partial charge in [-0.05, 0) is 25.3 Å². The summed E-state index contributed by atoms with van der Waals surface area (Å²) in [5, 5.41) is 0. The predicted octanol–water partition coefficient (Wildman–Crippen LogP) is 2.06. The smallest absolute Gasteiger partial charge is 0.171 e. The van der Waals surface area contributed by atoms with Crippen molar-refractivity contribution in [3.63, 3.8) is 0 Å². The minimum absolute atomic E-state index is 0.169. The molecule has 0 radical (unpaired) electrons. The molecule has 3 heteroatoms. The molecule has 2 saturated carbocycles. The number of carbonyl (C=O) groups excluding carboxylic acids is 1. The van der Waals surface area contributed by atoms with Gasteiger partial charge in [0, 0.05) is 23.7 Å². The molecule has 4 rings (SSSR count). The summed E-state index contributed by atoms with van der Waals surface area (Å²) in [6.07, 6.45) is 6.04. The van der Waals surface area contributed by atoms with E-state index in [2.05, 4.69) is 6.92 Å². The molecule has 0 aromatic heterocycles. The zero-order chi connectivity index (χ0) is 11.7. The average Bonchev–Trinajstić information content (AvgIpc) is 2.93. The van der Waals surface area contributed by atoms with Crippen molar-refractivity contribution in [2.24, 2.45) is 17.3 Å². The van der Waals surface area contributed by atoms with Gasteiger partial charge in [-0.2, -0.15) is 0 Å². The molecule has 3 aliphatic carbocycles. The van der Waals surface area contributed by atoms with Gasteiger partial charge in [0.05, 0.1) is 13.2 Å². The molecule has 1 heterocycles. The van der Waals surface area contributed by atoms with Crippen molar-refractivity contribution in [1.82, 2.24) is 0 Å². The lowest BCUT2D eigenvalue weighted by molar-refractivity contribution is -0.216. The number of allylic oxidation sites excluding steroid dienone is 2. The molecule has 1 unspecified atom stereocenters. The van der Waals surface area contributed by atoms with E-state index in [1.807, 2.05) is 6.08 Å². The Bertz CT molecular complexity index is 419. The number of rotatable bonds is 0. The van der Waals surface area contributed by atoms with Crippen LogP contribution < -0.4 is 0 Å². The SMILES string of the molecule is CC1C(=O)C=C2C[C@@H]3C[C@@]21CCC31OCCO1. The number of ketones is 1. The summed E-state index contributed by atoms with van der Waals surface area (Å²) < 4.78 is 11.8. The van der Waals surface area contributed by atoms with Gasteiger partial charge in [-0.15, -0.1) is 0 Å². The molecular formula is C14H18O3. The van der Waals surface area contributed by atoms with Crippen LogP contribution in [0.1, 0.15) is 32.6 Å². The Morgan fingerprint density at radius 2 is 2.06 bits per heavy atom. The van der Waals surface area contributed by atoms with Crippen molar-refractivity contribution < 1.29 is 14.3 Å². The maximum Gasteiger partial charge on any atom is 0.171 e. The lowest BCUT2D eigenvalue weighted by atomic mass is 9.67. The van der Waals surface area contributed by atoms with Crippen molar-refractivity contribution >= 4 is 5.78 Å². The van der Waals surface area contributed by atoms with Crippen LogP contribution in [0, 0.1) is 17.3 Å². The first-order chi connectivity index (χ1) is 8.16. The van der Waals surface area contributed by atoms with Crippen LogP contribution in [0.5, 0.6) is 0 Å². The molecule has 0 amide bonds. The van der Waals surface area contributed by atoms with E-state index in [4.69, 9.17) is 9.47 Å². The summed E-state index contributed by atoms with van der Waals surface area (Å²) in [4.78, 5) is 11.9. The lowest BCUT2D eigenvalue weighted by Gasteiger charge is -2.43. The Hall–Kier alpha value is -0.670. The Morgan fingerprint density at radius 3 is 2.82 bits per heavy atom. The van der Waals surface area contributed by atoms with Crippen LogP contribution in [0.3, 0.4) is 0 Å². The van der Waals surface area contributed by atoms with Crippen LogP contribution in [0.15, 0.2) is 11.6 Å². The van der Waals surface area contributed by atoms with E-state index < -0.39 is 0 Å². The molecule has 2 bridgehead atoms. The van der Waals surface area contributed by atoms with E-state index in [1.165, 1.54) is 5.57 Å². The fraction of sp³-hybridized carbons (Fsp3) is 0.786. The summed E-state index contributed by atoms with van der Waals surface area (Å²) in [6.45, 7) is 3.57. The molecule has 2 spiro atoms. The number of hydrogen-bond acceptors (Lipinski definition) is 3. The molecule has 0 N–H and O–H groups in total. The Labute approximate surface area is 101 Å². The normalized spacial score (nSPS) is 46.4. The first-order valence-corrected chi connectivity index (χ1v) is 6.69. The second-order valence-corrected chi connectivity index (χ2v) is 6.06. The Balaban J connectivity index is 1.73. The molecule has 92 valence electrons. The van der Waals surface area contributed by atoms with E-state index in [9.17, 15) is 4.79 Å². The van der Waals surface area contributed by atoms with Crippen molar-refractivity contribution in [3.8, 4) is 0 Å². The van der Waals surface area contributed by atoms with Gasteiger partial charge in [-0.3, -0.25) is 4.79 Å². The van der Waals surface area contributed by atoms with E-state index in [1.54, 1.807) is 0 Å². The van der Waals surface area contributed by atoms with Crippen LogP contribution >= 0.6 is 0 Å². The second kappa shape index (κ2) is 3.01. The summed E-state index contributed by atoms with van der Waals surface area (Å²) in [5.41, 5.74) is 1.55. The van der Waals surface area contributed by atoms with Crippen LogP contribution in [0.2, 0.25) is 0 Å². The lowest BCUT2D eigenvalue weighted by Crippen LogP contribution is -2.45. The number of hydrogen-bond donors (Lipinski definition) is 0. The van der Waals surface area contributed by atoms with E-state index in [-0.39, 0.29) is 17.1 Å². The van der Waals surface area contributed by atoms with Crippen LogP contribution in [-0.4, -0.2) is 24.8 Å². The Kier molecular flexibility index (Phi) is 1.82. The first-order valence-electron chi connectivity index (χ1n) is 6.69. The maximum atomic E-state index is 11.9. The van der Waals surface area contributed by atoms with Gasteiger partial charge in [0.1, 0.15) is 0 Å². The topological polar surface area (TPSA) is 35.5 Å². The second-order valence-electron chi connectivity index (χ2n) is 6.06. The first kappa shape index (κ1) is 10.3. The molecular weight excluding hydrogens is 216 g/mol. The van der Waals surface area contributed by atoms with E-state index in [0.717, 1.165) is 38.9 Å². The standard InChI is InChI=1S/C14H18O3/c1-9-12(15)7-10-6-11-8-13(9,10)2-3-14(11)16-4-5-17-14/h7,9,11H,2-6,8H2,1H3/t9?,11-,13-/m1/s1. The average molecular weight is 234 g/mol. The van der Waals surface area contributed by atoms with Gasteiger partial charge in [-0.25, -0.2) is 0 Å². The molecule has 0 aromatic rings.